The summed E-state index contributed by atoms with van der Waals surface area (Å²) in [4.78, 5) is 18.3. The third-order valence-electron chi connectivity index (χ3n) is 3.95. The van der Waals surface area contributed by atoms with E-state index in [1.54, 1.807) is 0 Å². The van der Waals surface area contributed by atoms with Crippen LogP contribution in [0.5, 0.6) is 11.5 Å². The first-order valence-corrected chi connectivity index (χ1v) is 7.69. The van der Waals surface area contributed by atoms with Crippen LogP contribution in [0.2, 0.25) is 0 Å². The number of benzene rings is 2. The summed E-state index contributed by atoms with van der Waals surface area (Å²) in [6.07, 6.45) is 1.02. The second kappa shape index (κ2) is 8.04. The van der Waals surface area contributed by atoms with Crippen LogP contribution >= 0.6 is 0 Å². The number of nitrogens with zero attached hydrogens (tertiary/aromatic N) is 2. The topological polar surface area (TPSA) is 82.8 Å². The van der Waals surface area contributed by atoms with Gasteiger partial charge in [0.15, 0.2) is 0 Å². The minimum atomic E-state index is -1.40. The Morgan fingerprint density at radius 3 is 2.41 bits per heavy atom. The van der Waals surface area contributed by atoms with Gasteiger partial charge in [0, 0.05) is 37.7 Å². The van der Waals surface area contributed by atoms with E-state index in [2.05, 4.69) is 20.0 Å². The van der Waals surface area contributed by atoms with E-state index in [0.717, 1.165) is 24.3 Å². The Morgan fingerprint density at radius 1 is 1.10 bits per heavy atom. The highest BCUT2D eigenvalue weighted by atomic mass is 19.3. The molecule has 12 heteroatoms. The van der Waals surface area contributed by atoms with Crippen molar-refractivity contribution in [3.63, 3.8) is 0 Å². The van der Waals surface area contributed by atoms with E-state index in [0.29, 0.717) is 12.1 Å². The smallest absolute Gasteiger partial charge is 0.328 e. The maximum atomic E-state index is 13.9. The summed E-state index contributed by atoms with van der Waals surface area (Å²) in [5.41, 5.74) is -1.02. The van der Waals surface area contributed by atoms with E-state index in [1.807, 2.05) is 0 Å². The van der Waals surface area contributed by atoms with Gasteiger partial charge in [-0.3, -0.25) is 9.88 Å². The van der Waals surface area contributed by atoms with E-state index in [9.17, 15) is 27.2 Å². The minimum absolute atomic E-state index is 0.118. The molecule has 1 heterocycles. The lowest BCUT2D eigenvalue weighted by molar-refractivity contribution is -0.146. The van der Waals surface area contributed by atoms with Crippen molar-refractivity contribution in [1.82, 2.24) is 9.94 Å². The zero-order valence-electron chi connectivity index (χ0n) is 14.0. The van der Waals surface area contributed by atoms with Crippen molar-refractivity contribution in [2.45, 2.75) is 6.42 Å². The first-order valence-electron chi connectivity index (χ1n) is 7.69. The van der Waals surface area contributed by atoms with E-state index < -0.39 is 40.9 Å². The molecule has 7 nitrogen and oxygen atoms in total. The Labute approximate surface area is 157 Å². The van der Waals surface area contributed by atoms with Crippen LogP contribution in [0, 0.1) is 11.6 Å². The largest absolute Gasteiger partial charge is 0.478 e. The monoisotopic (exact) mass is 416 g/mol. The third kappa shape index (κ3) is 3.77. The average molecular weight is 416 g/mol. The highest BCUT2D eigenvalue weighted by molar-refractivity contribution is 5.97. The summed E-state index contributed by atoms with van der Waals surface area (Å²) in [5.74, 6) is -4.99. The number of aromatic nitrogens is 2. The number of carboxylic acid groups (broad SMARTS) is 1. The van der Waals surface area contributed by atoms with Crippen molar-refractivity contribution in [3.8, 4) is 11.5 Å². The highest BCUT2D eigenvalue weighted by Gasteiger charge is 2.26. The Hall–Kier alpha value is -3.83. The molecule has 0 amide bonds. The number of carboxylic acids is 1. The Morgan fingerprint density at radius 2 is 1.83 bits per heavy atom. The molecule has 0 atom stereocenters. The van der Waals surface area contributed by atoms with Crippen LogP contribution in [0.25, 0.3) is 17.0 Å². The summed E-state index contributed by atoms with van der Waals surface area (Å²) in [6.45, 7) is 0. The van der Waals surface area contributed by atoms with Crippen molar-refractivity contribution in [2.75, 3.05) is 0 Å². The molecule has 0 bridgehead atoms. The number of carbonyl (C=O) groups is 1. The number of hydrogen-bond donors (Lipinski definition) is 1. The number of rotatable bonds is 7. The van der Waals surface area contributed by atoms with Crippen LogP contribution in [-0.2, 0) is 11.2 Å². The second-order valence-corrected chi connectivity index (χ2v) is 5.65. The first kappa shape index (κ1) is 19.9. The van der Waals surface area contributed by atoms with Crippen molar-refractivity contribution in [1.29, 1.82) is 0 Å². The second-order valence-electron chi connectivity index (χ2n) is 5.65. The molecular weight excluding hydrogens is 407 g/mol. The lowest BCUT2D eigenvalue weighted by Crippen LogP contribution is -2.04. The molecule has 0 saturated heterocycles. The number of aliphatic carboxylic acids is 1. The predicted octanol–water partition coefficient (Wildman–Crippen LogP) is 3.84. The summed E-state index contributed by atoms with van der Waals surface area (Å²) in [5, 5.41) is 15.4. The molecule has 1 N–H and O–H groups in total. The molecule has 152 valence electrons. The van der Waals surface area contributed by atoms with Gasteiger partial charge in [0.05, 0.1) is 5.39 Å². The van der Waals surface area contributed by atoms with Crippen molar-refractivity contribution in [3.05, 3.63) is 58.8 Å². The number of halogens is 5. The normalized spacial score (nSPS) is 11.2. The maximum absolute atomic E-state index is 13.9. The molecule has 1 aromatic heterocycles. The van der Waals surface area contributed by atoms with Crippen LogP contribution in [0.4, 0.5) is 22.4 Å². The van der Waals surface area contributed by atoms with Crippen LogP contribution < -0.4 is 14.9 Å². The van der Waals surface area contributed by atoms with Gasteiger partial charge in [-0.25, -0.2) is 13.6 Å². The average Bonchev–Trinajstić information content (AvgIpc) is 3.04. The summed E-state index contributed by atoms with van der Waals surface area (Å²) >= 11 is 0. The van der Waals surface area contributed by atoms with Crippen molar-refractivity contribution in [2.24, 2.45) is 0 Å². The number of hydrogen-bond acceptors (Lipinski definition) is 5. The Balaban J connectivity index is 2.25. The molecule has 0 aliphatic heterocycles. The minimum Gasteiger partial charge on any atom is -0.478 e. The van der Waals surface area contributed by atoms with Crippen LogP contribution in [0.1, 0.15) is 16.8 Å². The van der Waals surface area contributed by atoms with Gasteiger partial charge in [0.2, 0.25) is 11.5 Å². The molecule has 2 aromatic carbocycles. The summed E-state index contributed by atoms with van der Waals surface area (Å²) in [6, 6.07) is 3.63. The fraction of sp³-hybridized carbons (Fsp3) is 0.0588. The van der Waals surface area contributed by atoms with Crippen LogP contribution in [-0.4, -0.2) is 21.0 Å². The van der Waals surface area contributed by atoms with Crippen LogP contribution in [0.3, 0.4) is 0 Å². The molecule has 0 spiro atoms. The molecule has 3 rings (SSSR count). The quantitative estimate of drug-likeness (QED) is 0.466. The lowest BCUT2D eigenvalue weighted by atomic mass is 10.0. The molecule has 3 aromatic rings. The first-order chi connectivity index (χ1) is 13.9. The molecular formula is C17H9F5N2O5. The number of fused-ring (bicyclic) bond motifs is 1. The zero-order chi connectivity index (χ0) is 21.1. The SMILES string of the molecule is O=C(O)/C=C/c1nn(OF)c2cc(Cc3ccc(F)cc3F)c(OF)c(OF)c12. The molecule has 0 radical (unpaired) electrons. The fourth-order valence-corrected chi connectivity index (χ4v) is 2.76. The van der Waals surface area contributed by atoms with Gasteiger partial charge in [-0.05, 0) is 23.8 Å². The Bertz CT molecular complexity index is 1120. The molecule has 29 heavy (non-hydrogen) atoms. The maximum Gasteiger partial charge on any atom is 0.328 e. The summed E-state index contributed by atoms with van der Waals surface area (Å²) < 4.78 is 66.4. The molecule has 0 aliphatic rings. The van der Waals surface area contributed by atoms with Gasteiger partial charge < -0.3 is 5.11 Å². The Kier molecular flexibility index (Phi) is 5.52. The van der Waals surface area contributed by atoms with Crippen molar-refractivity contribution < 1.29 is 47.2 Å². The van der Waals surface area contributed by atoms with Crippen molar-refractivity contribution >= 4 is 22.9 Å². The van der Waals surface area contributed by atoms with Gasteiger partial charge >= 0.3 is 5.97 Å². The van der Waals surface area contributed by atoms with Gasteiger partial charge in [-0.2, -0.15) is 5.04 Å². The molecule has 0 saturated carbocycles. The standard InChI is InChI=1S/C17H9F5N2O5/c18-10-2-1-8(11(19)7-10)5-9-6-13-15(17(28-21)16(9)27-20)12(3-4-14(25)26)23-24(13)29-22/h1-4,6-7H,5H2,(H,25,26)/b4-3+. The highest BCUT2D eigenvalue weighted by Crippen LogP contribution is 2.42. The van der Waals surface area contributed by atoms with E-state index >= 15 is 0 Å². The van der Waals surface area contributed by atoms with E-state index in [4.69, 9.17) is 5.11 Å². The zero-order valence-corrected chi connectivity index (χ0v) is 14.0. The third-order valence-corrected chi connectivity index (χ3v) is 3.95. The van der Waals surface area contributed by atoms with Gasteiger partial charge in [-0.15, -0.1) is 5.10 Å². The van der Waals surface area contributed by atoms with Crippen LogP contribution in [0.15, 0.2) is 30.3 Å². The molecule has 0 fully saturated rings. The van der Waals surface area contributed by atoms with Gasteiger partial charge in [0.25, 0.3) is 0 Å². The van der Waals surface area contributed by atoms with E-state index in [1.165, 1.54) is 0 Å². The van der Waals surface area contributed by atoms with Gasteiger partial charge in [0.1, 0.15) is 22.8 Å². The fourth-order valence-electron chi connectivity index (χ4n) is 2.76. The lowest BCUT2D eigenvalue weighted by Gasteiger charge is -2.10. The van der Waals surface area contributed by atoms with Gasteiger partial charge in [-0.1, -0.05) is 10.9 Å². The predicted molar refractivity (Wildman–Crippen MR) is 86.7 cm³/mol. The summed E-state index contributed by atoms with van der Waals surface area (Å²) in [7, 11) is 0. The van der Waals surface area contributed by atoms with E-state index in [-0.39, 0.29) is 27.2 Å². The molecule has 0 unspecified atom stereocenters. The molecule has 0 aliphatic carbocycles.